The van der Waals surface area contributed by atoms with E-state index >= 15 is 0 Å². The Hall–Kier alpha value is -4.24. The van der Waals surface area contributed by atoms with Gasteiger partial charge in [-0.1, -0.05) is 59.6 Å². The quantitative estimate of drug-likeness (QED) is 0.119. The van der Waals surface area contributed by atoms with Crippen LogP contribution in [0.4, 0.5) is 11.4 Å². The first kappa shape index (κ1) is 30.7. The molecule has 214 valence electrons. The first-order valence-electron chi connectivity index (χ1n) is 12.9. The van der Waals surface area contributed by atoms with Crippen molar-refractivity contribution < 1.29 is 19.1 Å². The number of carbonyl (C=O) groups excluding carboxylic acids is 3. The average molecular weight is 621 g/mol. The highest BCUT2D eigenvalue weighted by molar-refractivity contribution is 8.00. The van der Waals surface area contributed by atoms with Gasteiger partial charge in [0.15, 0.2) is 0 Å². The molecule has 0 aromatic heterocycles. The lowest BCUT2D eigenvalue weighted by Crippen LogP contribution is -2.30. The van der Waals surface area contributed by atoms with E-state index in [0.717, 1.165) is 4.90 Å². The van der Waals surface area contributed by atoms with Crippen molar-refractivity contribution in [3.8, 4) is 5.75 Å². The van der Waals surface area contributed by atoms with Crippen molar-refractivity contribution in [2.75, 3.05) is 23.0 Å². The normalized spacial score (nSPS) is 11.0. The highest BCUT2D eigenvalue weighted by Gasteiger charge is 2.16. The van der Waals surface area contributed by atoms with Crippen molar-refractivity contribution in [3.05, 3.63) is 124 Å². The van der Waals surface area contributed by atoms with E-state index in [2.05, 4.69) is 16.0 Å². The van der Waals surface area contributed by atoms with Crippen molar-refractivity contribution >= 4 is 70.1 Å². The van der Waals surface area contributed by atoms with Crippen LogP contribution in [-0.2, 0) is 9.59 Å². The Morgan fingerprint density at radius 2 is 1.57 bits per heavy atom. The molecule has 0 spiro atoms. The van der Waals surface area contributed by atoms with Gasteiger partial charge in [-0.2, -0.15) is 0 Å². The lowest BCUT2D eigenvalue weighted by Gasteiger charge is -2.12. The Bertz CT molecular complexity index is 1600. The maximum Gasteiger partial charge on any atom is 0.272 e. The fourth-order valence-electron chi connectivity index (χ4n) is 3.74. The maximum absolute atomic E-state index is 13.3. The van der Waals surface area contributed by atoms with E-state index < -0.39 is 11.8 Å². The Morgan fingerprint density at radius 1 is 0.857 bits per heavy atom. The lowest BCUT2D eigenvalue weighted by atomic mass is 10.1. The van der Waals surface area contributed by atoms with Crippen LogP contribution in [-0.4, -0.2) is 30.1 Å². The first-order chi connectivity index (χ1) is 20.3. The van der Waals surface area contributed by atoms with Gasteiger partial charge in [-0.15, -0.1) is 11.8 Å². The van der Waals surface area contributed by atoms with E-state index in [9.17, 15) is 14.4 Å². The molecule has 0 radical (unpaired) electrons. The number of amides is 3. The van der Waals surface area contributed by atoms with Gasteiger partial charge in [0.25, 0.3) is 11.8 Å². The summed E-state index contributed by atoms with van der Waals surface area (Å²) in [7, 11) is 0. The van der Waals surface area contributed by atoms with Gasteiger partial charge in [0.1, 0.15) is 11.4 Å². The Labute approximate surface area is 258 Å². The Balaban J connectivity index is 1.42. The molecule has 4 aromatic carbocycles. The lowest BCUT2D eigenvalue weighted by molar-refractivity contribution is -0.114. The summed E-state index contributed by atoms with van der Waals surface area (Å²) < 4.78 is 5.55. The molecular weight excluding hydrogens is 593 g/mol. The zero-order valence-electron chi connectivity index (χ0n) is 22.5. The highest BCUT2D eigenvalue weighted by Crippen LogP contribution is 2.26. The summed E-state index contributed by atoms with van der Waals surface area (Å²) in [5.74, 6) is -0.361. The Kier molecular flexibility index (Phi) is 11.1. The molecule has 0 saturated carbocycles. The summed E-state index contributed by atoms with van der Waals surface area (Å²) in [5, 5.41) is 9.12. The van der Waals surface area contributed by atoms with Crippen LogP contribution in [0.15, 0.2) is 108 Å². The standard InChI is InChI=1S/C32H27Cl2N3O4S/c1-2-41-29-11-7-6-10-27(29)36-30(38)20-42-25-16-14-24(15-17-25)35-32(40)28(18-22-12-13-23(33)19-26(22)34)37-31(39)21-8-4-3-5-9-21/h3-19H,2,20H2,1H3,(H,35,40)(H,36,38)(H,37,39)/b28-18-. The van der Waals surface area contributed by atoms with Gasteiger partial charge in [0.05, 0.1) is 18.0 Å². The van der Waals surface area contributed by atoms with Crippen LogP contribution in [0.5, 0.6) is 5.75 Å². The van der Waals surface area contributed by atoms with Crippen LogP contribution in [0.2, 0.25) is 10.0 Å². The summed E-state index contributed by atoms with van der Waals surface area (Å²) in [5.41, 5.74) is 2.02. The third-order valence-electron chi connectivity index (χ3n) is 5.73. The largest absolute Gasteiger partial charge is 0.492 e. The second kappa shape index (κ2) is 15.1. The third-order valence-corrected chi connectivity index (χ3v) is 7.31. The molecule has 0 saturated heterocycles. The highest BCUT2D eigenvalue weighted by atomic mass is 35.5. The molecular formula is C32H27Cl2N3O4S. The molecule has 42 heavy (non-hydrogen) atoms. The number of anilines is 2. The van der Waals surface area contributed by atoms with Gasteiger partial charge in [-0.3, -0.25) is 14.4 Å². The SMILES string of the molecule is CCOc1ccccc1NC(=O)CSc1ccc(NC(=O)/C(=C/c2ccc(Cl)cc2Cl)NC(=O)c2ccccc2)cc1. The smallest absolute Gasteiger partial charge is 0.272 e. The van der Waals surface area contributed by atoms with E-state index in [1.165, 1.54) is 17.8 Å². The summed E-state index contributed by atoms with van der Waals surface area (Å²) in [6.45, 7) is 2.38. The number of thioether (sulfide) groups is 1. The predicted octanol–water partition coefficient (Wildman–Crippen LogP) is 7.53. The van der Waals surface area contributed by atoms with Crippen LogP contribution < -0.4 is 20.7 Å². The molecule has 10 heteroatoms. The molecule has 0 unspecified atom stereocenters. The molecule has 0 bridgehead atoms. The van der Waals surface area contributed by atoms with E-state index in [4.69, 9.17) is 27.9 Å². The van der Waals surface area contributed by atoms with Gasteiger partial charge < -0.3 is 20.7 Å². The van der Waals surface area contributed by atoms with Crippen molar-refractivity contribution in [1.29, 1.82) is 0 Å². The number of nitrogens with one attached hydrogen (secondary N) is 3. The third kappa shape index (κ3) is 8.88. The summed E-state index contributed by atoms with van der Waals surface area (Å²) in [6, 6.07) is 27.7. The molecule has 4 aromatic rings. The molecule has 3 amide bonds. The van der Waals surface area contributed by atoms with Gasteiger partial charge in [0, 0.05) is 26.2 Å². The minimum atomic E-state index is -0.543. The fourth-order valence-corrected chi connectivity index (χ4v) is 4.90. The van der Waals surface area contributed by atoms with Crippen LogP contribution in [0, 0.1) is 0 Å². The molecule has 0 fully saturated rings. The molecule has 4 rings (SSSR count). The van der Waals surface area contributed by atoms with Crippen molar-refractivity contribution in [2.24, 2.45) is 0 Å². The van der Waals surface area contributed by atoms with E-state index in [1.807, 2.05) is 19.1 Å². The zero-order valence-corrected chi connectivity index (χ0v) is 24.9. The monoisotopic (exact) mass is 619 g/mol. The second-order valence-electron chi connectivity index (χ2n) is 8.79. The second-order valence-corrected chi connectivity index (χ2v) is 10.7. The number of rotatable bonds is 11. The van der Waals surface area contributed by atoms with E-state index in [-0.39, 0.29) is 17.4 Å². The number of hydrogen-bond donors (Lipinski definition) is 3. The minimum Gasteiger partial charge on any atom is -0.492 e. The number of ether oxygens (including phenoxy) is 1. The van der Waals surface area contributed by atoms with Gasteiger partial charge in [0.2, 0.25) is 5.91 Å². The zero-order chi connectivity index (χ0) is 29.9. The molecule has 0 heterocycles. The summed E-state index contributed by atoms with van der Waals surface area (Å²) in [4.78, 5) is 39.5. The number of halogens is 2. The van der Waals surface area contributed by atoms with E-state index in [0.29, 0.717) is 44.9 Å². The molecule has 0 aliphatic heterocycles. The number of benzene rings is 4. The number of carbonyl (C=O) groups is 3. The van der Waals surface area contributed by atoms with Crippen LogP contribution in [0.25, 0.3) is 6.08 Å². The predicted molar refractivity (Wildman–Crippen MR) is 170 cm³/mol. The topological polar surface area (TPSA) is 96.5 Å². The van der Waals surface area contributed by atoms with Crippen molar-refractivity contribution in [3.63, 3.8) is 0 Å². The van der Waals surface area contributed by atoms with Crippen LogP contribution in [0.1, 0.15) is 22.8 Å². The number of hydrogen-bond acceptors (Lipinski definition) is 5. The molecule has 0 atom stereocenters. The molecule has 0 aliphatic rings. The fraction of sp³-hybridized carbons (Fsp3) is 0.0938. The van der Waals surface area contributed by atoms with Crippen molar-refractivity contribution in [1.82, 2.24) is 5.32 Å². The van der Waals surface area contributed by atoms with Gasteiger partial charge in [-0.05, 0) is 79.2 Å². The average Bonchev–Trinajstić information content (AvgIpc) is 2.99. The van der Waals surface area contributed by atoms with Gasteiger partial charge in [-0.25, -0.2) is 0 Å². The first-order valence-corrected chi connectivity index (χ1v) is 14.7. The maximum atomic E-state index is 13.3. The van der Waals surface area contributed by atoms with Crippen LogP contribution >= 0.6 is 35.0 Å². The van der Waals surface area contributed by atoms with Crippen molar-refractivity contribution in [2.45, 2.75) is 11.8 Å². The summed E-state index contributed by atoms with van der Waals surface area (Å²) >= 11 is 13.7. The van der Waals surface area contributed by atoms with Gasteiger partial charge >= 0.3 is 0 Å². The molecule has 3 N–H and O–H groups in total. The van der Waals surface area contributed by atoms with Crippen LogP contribution in [0.3, 0.4) is 0 Å². The minimum absolute atomic E-state index is 0.00414. The number of para-hydroxylation sites is 2. The summed E-state index contributed by atoms with van der Waals surface area (Å²) in [6.07, 6.45) is 1.49. The van der Waals surface area contributed by atoms with E-state index in [1.54, 1.807) is 84.9 Å². The molecule has 0 aliphatic carbocycles. The molecule has 7 nitrogen and oxygen atoms in total. The Morgan fingerprint density at radius 3 is 2.29 bits per heavy atom.